The van der Waals surface area contributed by atoms with Gasteiger partial charge in [-0.1, -0.05) is 23.7 Å². The second kappa shape index (κ2) is 8.49. The van der Waals surface area contributed by atoms with Crippen molar-refractivity contribution in [1.82, 2.24) is 15.3 Å². The molecule has 0 aliphatic carbocycles. The maximum Gasteiger partial charge on any atom is 0.258 e. The van der Waals surface area contributed by atoms with Crippen molar-refractivity contribution < 1.29 is 14.3 Å². The summed E-state index contributed by atoms with van der Waals surface area (Å²) in [5, 5.41) is 15.8. The van der Waals surface area contributed by atoms with E-state index in [9.17, 15) is 14.3 Å². The van der Waals surface area contributed by atoms with E-state index in [0.29, 0.717) is 33.3 Å². The van der Waals surface area contributed by atoms with E-state index in [1.807, 2.05) is 18.2 Å². The van der Waals surface area contributed by atoms with Gasteiger partial charge in [0.2, 0.25) is 5.95 Å². The van der Waals surface area contributed by atoms with E-state index >= 15 is 0 Å². The number of aliphatic hydroxyl groups is 1. The van der Waals surface area contributed by atoms with Gasteiger partial charge in [0.15, 0.2) is 5.82 Å². The SMILES string of the molecule is Cc1cc(F)ccc1-c1nc(N[C@@H](C)CO)nc2c1C(=O)NCN2c1ccccc1Cl. The number of carbonyl (C=O) groups is 1. The first-order chi connectivity index (χ1) is 14.9. The molecule has 1 aromatic heterocycles. The van der Waals surface area contributed by atoms with E-state index in [1.54, 1.807) is 30.9 Å². The molecular weight excluding hydrogens is 421 g/mol. The Labute approximate surface area is 183 Å². The zero-order valence-corrected chi connectivity index (χ0v) is 17.7. The van der Waals surface area contributed by atoms with Gasteiger partial charge in [0, 0.05) is 11.6 Å². The van der Waals surface area contributed by atoms with Crippen LogP contribution in [0, 0.1) is 12.7 Å². The van der Waals surface area contributed by atoms with Gasteiger partial charge >= 0.3 is 0 Å². The van der Waals surface area contributed by atoms with Crippen LogP contribution in [0.5, 0.6) is 0 Å². The standard InChI is InChI=1S/C22H21ClFN5O2/c1-12-9-14(24)7-8-15(12)19-18-20(28-22(27-19)26-13(2)10-30)29(11-25-21(18)31)17-6-4-3-5-16(17)23/h3-9,13,30H,10-11H2,1-2H3,(H,25,31)(H,26,27,28)/t13-/m0/s1. The summed E-state index contributed by atoms with van der Waals surface area (Å²) in [5.41, 5.74) is 2.54. The van der Waals surface area contributed by atoms with Crippen LogP contribution in [0.1, 0.15) is 22.8 Å². The third-order valence-electron chi connectivity index (χ3n) is 5.01. The fourth-order valence-corrected chi connectivity index (χ4v) is 3.69. The van der Waals surface area contributed by atoms with Crippen molar-refractivity contribution in [2.24, 2.45) is 0 Å². The van der Waals surface area contributed by atoms with Gasteiger partial charge in [0.25, 0.3) is 5.91 Å². The summed E-state index contributed by atoms with van der Waals surface area (Å²) in [5.74, 6) is -0.0960. The van der Waals surface area contributed by atoms with Crippen molar-refractivity contribution in [2.45, 2.75) is 19.9 Å². The van der Waals surface area contributed by atoms with E-state index in [2.05, 4.69) is 20.6 Å². The lowest BCUT2D eigenvalue weighted by Gasteiger charge is -2.32. The van der Waals surface area contributed by atoms with Crippen molar-refractivity contribution in [3.8, 4) is 11.3 Å². The van der Waals surface area contributed by atoms with Crippen LogP contribution in [0.25, 0.3) is 11.3 Å². The number of para-hydroxylation sites is 1. The number of nitrogens with one attached hydrogen (secondary N) is 2. The van der Waals surface area contributed by atoms with Crippen LogP contribution in [0.3, 0.4) is 0 Å². The molecule has 0 radical (unpaired) electrons. The molecule has 1 atom stereocenters. The minimum atomic E-state index is -0.376. The van der Waals surface area contributed by atoms with E-state index in [-0.39, 0.29) is 42.6 Å². The second-order valence-corrected chi connectivity index (χ2v) is 7.73. The first-order valence-corrected chi connectivity index (χ1v) is 10.1. The molecular formula is C22H21ClFN5O2. The largest absolute Gasteiger partial charge is 0.394 e. The highest BCUT2D eigenvalue weighted by atomic mass is 35.5. The van der Waals surface area contributed by atoms with E-state index < -0.39 is 0 Å². The molecule has 31 heavy (non-hydrogen) atoms. The van der Waals surface area contributed by atoms with Crippen LogP contribution in [-0.4, -0.2) is 40.3 Å². The second-order valence-electron chi connectivity index (χ2n) is 7.33. The molecule has 1 aliphatic heterocycles. The van der Waals surface area contributed by atoms with Crippen LogP contribution >= 0.6 is 11.6 Å². The molecule has 0 fully saturated rings. The van der Waals surface area contributed by atoms with Crippen LogP contribution in [0.2, 0.25) is 5.02 Å². The highest BCUT2D eigenvalue weighted by Gasteiger charge is 2.32. The number of aromatic nitrogens is 2. The summed E-state index contributed by atoms with van der Waals surface area (Å²) < 4.78 is 13.7. The zero-order chi connectivity index (χ0) is 22.1. The molecule has 0 unspecified atom stereocenters. The first-order valence-electron chi connectivity index (χ1n) is 9.75. The molecule has 0 bridgehead atoms. The molecule has 160 valence electrons. The van der Waals surface area contributed by atoms with Gasteiger partial charge in [-0.2, -0.15) is 4.98 Å². The number of aryl methyl sites for hydroxylation is 1. The number of carbonyl (C=O) groups excluding carboxylic acids is 1. The summed E-state index contributed by atoms with van der Waals surface area (Å²) in [6.45, 7) is 3.58. The van der Waals surface area contributed by atoms with E-state index in [1.165, 1.54) is 12.1 Å². The first kappa shape index (κ1) is 21.0. The molecule has 0 spiro atoms. The molecule has 3 N–H and O–H groups in total. The topological polar surface area (TPSA) is 90.4 Å². The quantitative estimate of drug-likeness (QED) is 0.556. The number of fused-ring (bicyclic) bond motifs is 1. The Morgan fingerprint density at radius 3 is 2.77 bits per heavy atom. The van der Waals surface area contributed by atoms with Crippen LogP contribution in [0.4, 0.5) is 21.8 Å². The summed E-state index contributed by atoms with van der Waals surface area (Å²) in [7, 11) is 0. The van der Waals surface area contributed by atoms with Gasteiger partial charge < -0.3 is 20.6 Å². The van der Waals surface area contributed by atoms with Crippen molar-refractivity contribution in [1.29, 1.82) is 0 Å². The lowest BCUT2D eigenvalue weighted by Crippen LogP contribution is -2.42. The molecule has 0 saturated heterocycles. The average Bonchev–Trinajstić information content (AvgIpc) is 2.74. The molecule has 1 aliphatic rings. The Balaban J connectivity index is 1.97. The van der Waals surface area contributed by atoms with Gasteiger partial charge in [-0.05, 0) is 49.7 Å². The van der Waals surface area contributed by atoms with Crippen molar-refractivity contribution >= 4 is 35.0 Å². The molecule has 1 amide bonds. The molecule has 9 heteroatoms. The predicted molar refractivity (Wildman–Crippen MR) is 118 cm³/mol. The third-order valence-corrected chi connectivity index (χ3v) is 5.33. The van der Waals surface area contributed by atoms with Gasteiger partial charge in [0.05, 0.1) is 29.7 Å². The smallest absolute Gasteiger partial charge is 0.258 e. The lowest BCUT2D eigenvalue weighted by molar-refractivity contribution is 0.0949. The van der Waals surface area contributed by atoms with Gasteiger partial charge in [-0.15, -0.1) is 0 Å². The molecule has 7 nitrogen and oxygen atoms in total. The number of hydrogen-bond donors (Lipinski definition) is 3. The summed E-state index contributed by atoms with van der Waals surface area (Å²) >= 11 is 6.42. The monoisotopic (exact) mass is 441 g/mol. The number of rotatable bonds is 5. The molecule has 0 saturated carbocycles. The molecule has 4 rings (SSSR count). The lowest BCUT2D eigenvalue weighted by atomic mass is 9.99. The maximum absolute atomic E-state index is 13.7. The Morgan fingerprint density at radius 1 is 1.29 bits per heavy atom. The predicted octanol–water partition coefficient (Wildman–Crippen LogP) is 3.88. The van der Waals surface area contributed by atoms with Crippen LogP contribution in [0.15, 0.2) is 42.5 Å². The van der Waals surface area contributed by atoms with Crippen molar-refractivity contribution in [3.63, 3.8) is 0 Å². The molecule has 2 heterocycles. The average molecular weight is 442 g/mol. The highest BCUT2D eigenvalue weighted by molar-refractivity contribution is 6.33. The minimum Gasteiger partial charge on any atom is -0.394 e. The summed E-state index contributed by atoms with van der Waals surface area (Å²) in [6, 6.07) is 11.2. The minimum absolute atomic E-state index is 0.125. The number of anilines is 3. The third kappa shape index (κ3) is 4.04. The van der Waals surface area contributed by atoms with Gasteiger partial charge in [-0.3, -0.25) is 4.79 Å². The number of amides is 1. The zero-order valence-electron chi connectivity index (χ0n) is 17.0. The Bertz CT molecular complexity index is 1160. The van der Waals surface area contributed by atoms with Gasteiger partial charge in [-0.25, -0.2) is 9.37 Å². The number of hydrogen-bond acceptors (Lipinski definition) is 6. The van der Waals surface area contributed by atoms with Crippen molar-refractivity contribution in [2.75, 3.05) is 23.5 Å². The normalized spacial score (nSPS) is 14.1. The Kier molecular flexibility index (Phi) is 5.75. The van der Waals surface area contributed by atoms with Gasteiger partial charge in [0.1, 0.15) is 11.4 Å². The number of aliphatic hydroxyl groups excluding tert-OH is 1. The van der Waals surface area contributed by atoms with Crippen LogP contribution < -0.4 is 15.5 Å². The fraction of sp³-hybridized carbons (Fsp3) is 0.227. The number of nitrogens with zero attached hydrogens (tertiary/aromatic N) is 3. The summed E-state index contributed by atoms with van der Waals surface area (Å²) in [4.78, 5) is 23.9. The van der Waals surface area contributed by atoms with E-state index in [0.717, 1.165) is 0 Å². The maximum atomic E-state index is 13.7. The number of halogens is 2. The van der Waals surface area contributed by atoms with Crippen LogP contribution in [-0.2, 0) is 0 Å². The fourth-order valence-electron chi connectivity index (χ4n) is 3.46. The Morgan fingerprint density at radius 2 is 2.06 bits per heavy atom. The van der Waals surface area contributed by atoms with Crippen molar-refractivity contribution in [3.05, 3.63) is 64.4 Å². The molecule has 2 aromatic carbocycles. The molecule has 3 aromatic rings. The number of benzene rings is 2. The summed E-state index contributed by atoms with van der Waals surface area (Å²) in [6.07, 6.45) is 0. The Hall–Kier alpha value is -3.23. The highest BCUT2D eigenvalue weighted by Crippen LogP contribution is 2.38. The van der Waals surface area contributed by atoms with E-state index in [4.69, 9.17) is 11.6 Å².